The quantitative estimate of drug-likeness (QED) is 0.468. The third kappa shape index (κ3) is 4.50. The largest absolute Gasteiger partial charge is 0.484 e. The number of aryl methyl sites for hydroxylation is 1. The molecular weight excluding hydrogens is 384 g/mol. The Morgan fingerprint density at radius 1 is 0.966 bits per heavy atom. The van der Waals surface area contributed by atoms with Crippen molar-refractivity contribution in [2.75, 3.05) is 11.9 Å². The smallest absolute Gasteiger partial charge is 0.264 e. The number of carbonyl (C=O) groups excluding carboxylic acids is 2. The van der Waals surface area contributed by atoms with Crippen molar-refractivity contribution in [1.82, 2.24) is 4.98 Å². The van der Waals surface area contributed by atoms with Crippen molar-refractivity contribution in [2.45, 2.75) is 6.92 Å². The van der Waals surface area contributed by atoms with Crippen LogP contribution in [0.25, 0.3) is 10.2 Å². The molecule has 0 radical (unpaired) electrons. The molecule has 0 saturated carbocycles. The maximum atomic E-state index is 12.4. The lowest BCUT2D eigenvalue weighted by Crippen LogP contribution is -2.20. The van der Waals surface area contributed by atoms with Gasteiger partial charge in [-0.3, -0.25) is 14.9 Å². The first-order chi connectivity index (χ1) is 14.1. The minimum Gasteiger partial charge on any atom is -0.484 e. The topological polar surface area (TPSA) is 68.3 Å². The zero-order chi connectivity index (χ0) is 20.2. The number of anilines is 1. The fraction of sp³-hybridized carbons (Fsp3) is 0.0870. The molecule has 0 aliphatic rings. The van der Waals surface area contributed by atoms with E-state index in [9.17, 15) is 9.59 Å². The van der Waals surface area contributed by atoms with Gasteiger partial charge in [-0.1, -0.05) is 47.7 Å². The number of carbonyl (C=O) groups is 2. The summed E-state index contributed by atoms with van der Waals surface area (Å²) in [6.45, 7) is 1.88. The lowest BCUT2D eigenvalue weighted by atomic mass is 10.0. The summed E-state index contributed by atoms with van der Waals surface area (Å²) in [5.74, 6) is 0.177. The standard InChI is InChI=1S/C23H18N2O3S/c1-15-7-12-19-20(13-15)29-23(24-19)25-21(26)14-28-18-10-8-17(9-11-18)22(27)16-5-3-2-4-6-16/h2-13H,14H2,1H3,(H,24,25,26). The SMILES string of the molecule is Cc1ccc2nc(NC(=O)COc3ccc(C(=O)c4ccccc4)cc3)sc2c1. The Morgan fingerprint density at radius 3 is 2.45 bits per heavy atom. The van der Waals surface area contributed by atoms with Crippen LogP contribution in [0, 0.1) is 6.92 Å². The van der Waals surface area contributed by atoms with Crippen molar-refractivity contribution in [3.8, 4) is 5.75 Å². The lowest BCUT2D eigenvalue weighted by molar-refractivity contribution is -0.118. The van der Waals surface area contributed by atoms with E-state index in [2.05, 4.69) is 10.3 Å². The molecule has 0 spiro atoms. The highest BCUT2D eigenvalue weighted by Gasteiger charge is 2.11. The van der Waals surface area contributed by atoms with Crippen LogP contribution in [0.1, 0.15) is 21.5 Å². The van der Waals surface area contributed by atoms with Gasteiger partial charge in [0.05, 0.1) is 10.2 Å². The van der Waals surface area contributed by atoms with E-state index in [1.165, 1.54) is 11.3 Å². The van der Waals surface area contributed by atoms with Gasteiger partial charge in [0.2, 0.25) is 0 Å². The Labute approximate surface area is 172 Å². The number of amides is 1. The molecule has 5 nitrogen and oxygen atoms in total. The van der Waals surface area contributed by atoms with Gasteiger partial charge in [-0.2, -0.15) is 0 Å². The number of hydrogen-bond donors (Lipinski definition) is 1. The predicted molar refractivity (Wildman–Crippen MR) is 115 cm³/mol. The van der Waals surface area contributed by atoms with Crippen molar-refractivity contribution in [3.05, 3.63) is 89.5 Å². The molecule has 1 heterocycles. The molecule has 0 aliphatic heterocycles. The molecule has 0 aliphatic carbocycles. The van der Waals surface area contributed by atoms with E-state index in [0.29, 0.717) is 22.0 Å². The summed E-state index contributed by atoms with van der Waals surface area (Å²) in [7, 11) is 0. The van der Waals surface area contributed by atoms with Crippen molar-refractivity contribution >= 4 is 38.4 Å². The molecule has 4 aromatic rings. The summed E-state index contributed by atoms with van der Waals surface area (Å²) in [6, 6.07) is 21.8. The van der Waals surface area contributed by atoms with Crippen LogP contribution in [-0.2, 0) is 4.79 Å². The molecule has 144 valence electrons. The van der Waals surface area contributed by atoms with Crippen LogP contribution < -0.4 is 10.1 Å². The van der Waals surface area contributed by atoms with Crippen LogP contribution >= 0.6 is 11.3 Å². The second-order valence-electron chi connectivity index (χ2n) is 6.55. The molecule has 0 unspecified atom stereocenters. The van der Waals surface area contributed by atoms with Gasteiger partial charge in [0.15, 0.2) is 17.5 Å². The zero-order valence-corrected chi connectivity index (χ0v) is 16.5. The van der Waals surface area contributed by atoms with E-state index in [1.807, 2.05) is 43.3 Å². The van der Waals surface area contributed by atoms with E-state index < -0.39 is 0 Å². The second kappa shape index (κ2) is 8.24. The third-order valence-corrected chi connectivity index (χ3v) is 5.25. The number of hydrogen-bond acceptors (Lipinski definition) is 5. The number of thiazole rings is 1. The Hall–Kier alpha value is -3.51. The van der Waals surface area contributed by atoms with Crippen LogP contribution in [0.5, 0.6) is 5.75 Å². The number of nitrogens with zero attached hydrogens (tertiary/aromatic N) is 1. The van der Waals surface area contributed by atoms with Gasteiger partial charge < -0.3 is 4.74 Å². The van der Waals surface area contributed by atoms with Gasteiger partial charge in [-0.15, -0.1) is 0 Å². The molecule has 29 heavy (non-hydrogen) atoms. The first kappa shape index (κ1) is 18.8. The first-order valence-corrected chi connectivity index (χ1v) is 9.90. The van der Waals surface area contributed by atoms with Crippen molar-refractivity contribution in [1.29, 1.82) is 0 Å². The van der Waals surface area contributed by atoms with Crippen LogP contribution in [0.2, 0.25) is 0 Å². The lowest BCUT2D eigenvalue weighted by Gasteiger charge is -2.07. The van der Waals surface area contributed by atoms with E-state index in [-0.39, 0.29) is 18.3 Å². The highest BCUT2D eigenvalue weighted by Crippen LogP contribution is 2.26. The summed E-state index contributed by atoms with van der Waals surface area (Å²) in [5.41, 5.74) is 3.20. The van der Waals surface area contributed by atoms with Crippen LogP contribution in [0.3, 0.4) is 0 Å². The highest BCUT2D eigenvalue weighted by molar-refractivity contribution is 7.22. The fourth-order valence-electron chi connectivity index (χ4n) is 2.85. The summed E-state index contributed by atoms with van der Waals surface area (Å²) < 4.78 is 6.55. The Kier molecular flexibility index (Phi) is 5.35. The van der Waals surface area contributed by atoms with Crippen molar-refractivity contribution in [2.24, 2.45) is 0 Å². The molecule has 1 N–H and O–H groups in total. The fourth-order valence-corrected chi connectivity index (χ4v) is 3.83. The van der Waals surface area contributed by atoms with Gasteiger partial charge in [0.25, 0.3) is 5.91 Å². The Balaban J connectivity index is 1.34. The van der Waals surface area contributed by atoms with Crippen LogP contribution in [0.15, 0.2) is 72.8 Å². The second-order valence-corrected chi connectivity index (χ2v) is 7.58. The first-order valence-electron chi connectivity index (χ1n) is 9.08. The average molecular weight is 402 g/mol. The maximum Gasteiger partial charge on any atom is 0.264 e. The number of ether oxygens (including phenoxy) is 1. The summed E-state index contributed by atoms with van der Waals surface area (Å²) >= 11 is 1.43. The molecule has 0 fully saturated rings. The van der Waals surface area contributed by atoms with Crippen LogP contribution in [-0.4, -0.2) is 23.3 Å². The van der Waals surface area contributed by atoms with E-state index >= 15 is 0 Å². The van der Waals surface area contributed by atoms with E-state index in [0.717, 1.165) is 15.8 Å². The molecule has 3 aromatic carbocycles. The molecule has 6 heteroatoms. The molecular formula is C23H18N2O3S. The summed E-state index contributed by atoms with van der Waals surface area (Å²) in [5, 5.41) is 3.31. The summed E-state index contributed by atoms with van der Waals surface area (Å²) in [6.07, 6.45) is 0. The number of benzene rings is 3. The Bertz CT molecular complexity index is 1170. The normalized spacial score (nSPS) is 10.7. The molecule has 0 saturated heterocycles. The number of ketones is 1. The van der Waals surface area contributed by atoms with Gasteiger partial charge in [-0.05, 0) is 48.9 Å². The molecule has 1 aromatic heterocycles. The molecule has 0 bridgehead atoms. The number of aromatic nitrogens is 1. The highest BCUT2D eigenvalue weighted by atomic mass is 32.1. The van der Waals surface area contributed by atoms with Crippen LogP contribution in [0.4, 0.5) is 5.13 Å². The van der Waals surface area contributed by atoms with Gasteiger partial charge in [0.1, 0.15) is 5.75 Å². The van der Waals surface area contributed by atoms with Crippen molar-refractivity contribution in [3.63, 3.8) is 0 Å². The Morgan fingerprint density at radius 2 is 1.69 bits per heavy atom. The number of rotatable bonds is 6. The van der Waals surface area contributed by atoms with E-state index in [1.54, 1.807) is 36.4 Å². The minimum absolute atomic E-state index is 0.0547. The maximum absolute atomic E-state index is 12.4. The van der Waals surface area contributed by atoms with Gasteiger partial charge in [-0.25, -0.2) is 4.98 Å². The van der Waals surface area contributed by atoms with E-state index in [4.69, 9.17) is 4.74 Å². The average Bonchev–Trinajstić information content (AvgIpc) is 3.14. The van der Waals surface area contributed by atoms with Gasteiger partial charge in [0, 0.05) is 11.1 Å². The predicted octanol–water partition coefficient (Wildman–Crippen LogP) is 4.85. The summed E-state index contributed by atoms with van der Waals surface area (Å²) in [4.78, 5) is 29.0. The third-order valence-electron chi connectivity index (χ3n) is 4.31. The number of fused-ring (bicyclic) bond motifs is 1. The molecule has 1 amide bonds. The molecule has 4 rings (SSSR count). The van der Waals surface area contributed by atoms with Crippen molar-refractivity contribution < 1.29 is 14.3 Å². The monoisotopic (exact) mass is 402 g/mol. The minimum atomic E-state index is -0.287. The zero-order valence-electron chi connectivity index (χ0n) is 15.7. The number of nitrogens with one attached hydrogen (secondary N) is 1. The molecule has 0 atom stereocenters. The van der Waals surface area contributed by atoms with Gasteiger partial charge >= 0.3 is 0 Å².